The monoisotopic (exact) mass is 758 g/mol. The zero-order valence-electron chi connectivity index (χ0n) is 33.4. The molecule has 1 aromatic heterocycles. The van der Waals surface area contributed by atoms with Gasteiger partial charge in [0.2, 0.25) is 0 Å². The molecule has 3 aliphatic carbocycles. The van der Waals surface area contributed by atoms with Gasteiger partial charge in [0.05, 0.1) is 5.41 Å². The van der Waals surface area contributed by atoms with Gasteiger partial charge in [-0.2, -0.15) is 0 Å². The molecule has 0 aliphatic heterocycles. The fourth-order valence-electron chi connectivity index (χ4n) is 9.46. The molecule has 4 heteroatoms. The first-order chi connectivity index (χ1) is 28.9. The third-order valence-electron chi connectivity index (χ3n) is 12.4. The molecule has 0 saturated heterocycles. The first-order valence-electron chi connectivity index (χ1n) is 20.5. The lowest BCUT2D eigenvalue weighted by Crippen LogP contribution is -2.26. The highest BCUT2D eigenvalue weighted by Crippen LogP contribution is 2.63. The van der Waals surface area contributed by atoms with Crippen molar-refractivity contribution >= 4 is 11.4 Å². The lowest BCUT2D eigenvalue weighted by molar-refractivity contribution is 0.481. The number of rotatable bonds is 6. The quantitative estimate of drug-likeness (QED) is 0.169. The van der Waals surface area contributed by atoms with E-state index in [1.165, 1.54) is 55.8 Å². The molecular formula is C55H42N4. The maximum atomic E-state index is 5.18. The molecule has 1 unspecified atom stereocenters. The van der Waals surface area contributed by atoms with Crippen LogP contribution in [0.4, 0.5) is 11.4 Å². The summed E-state index contributed by atoms with van der Waals surface area (Å²) in [5, 5.41) is 0. The van der Waals surface area contributed by atoms with Gasteiger partial charge in [0, 0.05) is 33.8 Å². The van der Waals surface area contributed by atoms with Crippen LogP contribution in [0.25, 0.3) is 56.4 Å². The van der Waals surface area contributed by atoms with E-state index >= 15 is 0 Å². The molecule has 1 spiro atoms. The zero-order chi connectivity index (χ0) is 39.7. The number of fused-ring (bicyclic) bond motifs is 10. The van der Waals surface area contributed by atoms with Crippen molar-refractivity contribution in [2.45, 2.75) is 32.6 Å². The van der Waals surface area contributed by atoms with E-state index in [-0.39, 0.29) is 5.41 Å². The second-order valence-electron chi connectivity index (χ2n) is 16.7. The number of benzene rings is 7. The third kappa shape index (κ3) is 5.62. The Hall–Kier alpha value is -7.17. The Balaban J connectivity index is 1.15. The van der Waals surface area contributed by atoms with Crippen LogP contribution < -0.4 is 4.90 Å². The molecule has 0 bridgehead atoms. The number of aromatic nitrogens is 3. The number of nitrogens with zero attached hydrogens (tertiary/aromatic N) is 4. The van der Waals surface area contributed by atoms with Gasteiger partial charge in [0.15, 0.2) is 17.5 Å². The zero-order valence-corrected chi connectivity index (χ0v) is 33.4. The van der Waals surface area contributed by atoms with E-state index < -0.39 is 5.41 Å². The highest BCUT2D eigenvalue weighted by atomic mass is 15.1. The predicted molar refractivity (Wildman–Crippen MR) is 241 cm³/mol. The maximum Gasteiger partial charge on any atom is 0.164 e. The summed E-state index contributed by atoms with van der Waals surface area (Å²) in [6.45, 7) is 6.75. The van der Waals surface area contributed by atoms with E-state index in [1.54, 1.807) is 0 Å². The normalized spacial score (nSPS) is 16.6. The van der Waals surface area contributed by atoms with Crippen LogP contribution in [0, 0.1) is 12.3 Å². The molecule has 59 heavy (non-hydrogen) atoms. The molecule has 0 radical (unpaired) electrons. The Kier molecular flexibility index (Phi) is 7.99. The Labute approximate surface area is 346 Å². The molecule has 282 valence electrons. The Bertz CT molecular complexity index is 2930. The molecule has 1 atom stereocenters. The summed E-state index contributed by atoms with van der Waals surface area (Å²) in [4.78, 5) is 17.8. The van der Waals surface area contributed by atoms with Crippen molar-refractivity contribution in [3.05, 3.63) is 222 Å². The van der Waals surface area contributed by atoms with Gasteiger partial charge in [-0.1, -0.05) is 171 Å². The van der Waals surface area contributed by atoms with Crippen LogP contribution in [0.2, 0.25) is 0 Å². The van der Waals surface area contributed by atoms with Gasteiger partial charge in [0.1, 0.15) is 0 Å². The minimum Gasteiger partial charge on any atom is -0.311 e. The number of anilines is 2. The molecule has 8 aromatic rings. The van der Waals surface area contributed by atoms with E-state index in [9.17, 15) is 0 Å². The number of hydrogen-bond acceptors (Lipinski definition) is 4. The van der Waals surface area contributed by atoms with Crippen molar-refractivity contribution < 1.29 is 0 Å². The molecule has 3 aliphatic rings. The number of hydrogen-bond donors (Lipinski definition) is 0. The van der Waals surface area contributed by atoms with Gasteiger partial charge >= 0.3 is 0 Å². The summed E-state index contributed by atoms with van der Waals surface area (Å²) in [6.07, 6.45) is 8.02. The van der Waals surface area contributed by atoms with Crippen molar-refractivity contribution in [3.8, 4) is 56.4 Å². The van der Waals surface area contributed by atoms with Crippen LogP contribution in [0.15, 0.2) is 194 Å². The van der Waals surface area contributed by atoms with E-state index in [1.807, 2.05) is 36.4 Å². The molecule has 1 heterocycles. The first-order valence-corrected chi connectivity index (χ1v) is 20.5. The van der Waals surface area contributed by atoms with Crippen LogP contribution in [-0.4, -0.2) is 15.0 Å². The fraction of sp³-hybridized carbons (Fsp3) is 0.109. The minimum absolute atomic E-state index is 0.114. The van der Waals surface area contributed by atoms with E-state index in [4.69, 9.17) is 15.0 Å². The van der Waals surface area contributed by atoms with Gasteiger partial charge < -0.3 is 4.90 Å². The van der Waals surface area contributed by atoms with Gasteiger partial charge in [-0.25, -0.2) is 15.0 Å². The summed E-state index contributed by atoms with van der Waals surface area (Å²) in [5.74, 6) is 1.95. The lowest BCUT2D eigenvalue weighted by Gasteiger charge is -2.34. The summed E-state index contributed by atoms with van der Waals surface area (Å²) in [7, 11) is 0. The highest BCUT2D eigenvalue weighted by molar-refractivity contribution is 5.97. The summed E-state index contributed by atoms with van der Waals surface area (Å²) >= 11 is 0. The number of allylic oxidation sites excluding steroid dienone is 3. The smallest absolute Gasteiger partial charge is 0.164 e. The highest BCUT2D eigenvalue weighted by Gasteiger charge is 2.52. The SMILES string of the molecule is Cc1ccc(N(C2=CCC(C)(C)C=C2)c2ccc3c(c2)C2(c4ccccc4-c4ccc(-c5nc(-c6ccccc6)nc(-c6ccccc6)n5)cc42)c2ccccc2-3)cc1. The van der Waals surface area contributed by atoms with Gasteiger partial charge in [-0.3, -0.25) is 0 Å². The van der Waals surface area contributed by atoms with Crippen LogP contribution in [0.5, 0.6) is 0 Å². The second-order valence-corrected chi connectivity index (χ2v) is 16.7. The maximum absolute atomic E-state index is 5.18. The van der Waals surface area contributed by atoms with Gasteiger partial charge in [-0.15, -0.1) is 0 Å². The Morgan fingerprint density at radius 1 is 0.458 bits per heavy atom. The molecular weight excluding hydrogens is 717 g/mol. The van der Waals surface area contributed by atoms with Crippen molar-refractivity contribution in [3.63, 3.8) is 0 Å². The third-order valence-corrected chi connectivity index (χ3v) is 12.4. The molecule has 11 rings (SSSR count). The molecule has 0 fully saturated rings. The molecule has 7 aromatic carbocycles. The van der Waals surface area contributed by atoms with Crippen molar-refractivity contribution in [1.82, 2.24) is 15.0 Å². The van der Waals surface area contributed by atoms with Gasteiger partial charge in [0.25, 0.3) is 0 Å². The lowest BCUT2D eigenvalue weighted by atomic mass is 9.70. The standard InChI is InChI=1S/C55H42N4/c1-36-22-25-40(26-23-36)59(41-30-32-54(2,3)33-31-41)42-27-29-46-44-19-11-13-21-48(44)55(50(46)35-42)47-20-12-10-18-43(47)45-28-24-39(34-49(45)55)53-57-51(37-14-6-4-7-15-37)56-52(58-53)38-16-8-5-9-17-38/h4-32,34-35H,33H2,1-3H3. The largest absolute Gasteiger partial charge is 0.311 e. The number of aryl methyl sites for hydroxylation is 1. The summed E-state index contributed by atoms with van der Waals surface area (Å²) < 4.78 is 0. The van der Waals surface area contributed by atoms with Crippen LogP contribution >= 0.6 is 0 Å². The molecule has 4 nitrogen and oxygen atoms in total. The van der Waals surface area contributed by atoms with Crippen LogP contribution in [0.1, 0.15) is 48.1 Å². The van der Waals surface area contributed by atoms with Crippen molar-refractivity contribution in [1.29, 1.82) is 0 Å². The average molecular weight is 759 g/mol. The van der Waals surface area contributed by atoms with Crippen LogP contribution in [-0.2, 0) is 5.41 Å². The predicted octanol–water partition coefficient (Wildman–Crippen LogP) is 13.5. The van der Waals surface area contributed by atoms with Crippen molar-refractivity contribution in [2.75, 3.05) is 4.90 Å². The summed E-state index contributed by atoms with van der Waals surface area (Å²) in [6, 6.07) is 61.3. The average Bonchev–Trinajstić information content (AvgIpc) is 3.75. The Morgan fingerprint density at radius 2 is 0.949 bits per heavy atom. The molecule has 0 saturated carbocycles. The van der Waals surface area contributed by atoms with E-state index in [0.717, 1.165) is 34.5 Å². The molecule has 0 amide bonds. The van der Waals surface area contributed by atoms with Crippen LogP contribution in [0.3, 0.4) is 0 Å². The first kappa shape index (κ1) is 35.0. The Morgan fingerprint density at radius 3 is 1.53 bits per heavy atom. The molecule has 0 N–H and O–H groups in total. The topological polar surface area (TPSA) is 41.9 Å². The van der Waals surface area contributed by atoms with Gasteiger partial charge in [-0.05, 0) is 99.7 Å². The summed E-state index contributed by atoms with van der Waals surface area (Å²) in [5.41, 5.74) is 17.2. The van der Waals surface area contributed by atoms with E-state index in [0.29, 0.717) is 17.5 Å². The van der Waals surface area contributed by atoms with E-state index in [2.05, 4.69) is 177 Å². The van der Waals surface area contributed by atoms with Crippen molar-refractivity contribution in [2.24, 2.45) is 5.41 Å². The second kappa shape index (κ2) is 13.5. The minimum atomic E-state index is -0.570. The fourth-order valence-corrected chi connectivity index (χ4v) is 9.46.